The van der Waals surface area contributed by atoms with Crippen LogP contribution in [0.5, 0.6) is 0 Å². The van der Waals surface area contributed by atoms with Crippen molar-refractivity contribution in [1.82, 2.24) is 34.5 Å². The minimum Gasteiger partial charge on any atom is -0.383 e. The van der Waals surface area contributed by atoms with Crippen molar-refractivity contribution in [3.63, 3.8) is 0 Å². The summed E-state index contributed by atoms with van der Waals surface area (Å²) in [7, 11) is 2.09. The van der Waals surface area contributed by atoms with Crippen molar-refractivity contribution in [2.24, 2.45) is 0 Å². The van der Waals surface area contributed by atoms with Gasteiger partial charge in [0.1, 0.15) is 23.7 Å². The number of carbonyl (C=O) groups excluding carboxylic acids is 2. The van der Waals surface area contributed by atoms with Crippen LogP contribution in [0.4, 0.5) is 11.6 Å². The summed E-state index contributed by atoms with van der Waals surface area (Å²) < 4.78 is 1.84. The maximum absolute atomic E-state index is 12.9. The zero-order valence-corrected chi connectivity index (χ0v) is 23.1. The van der Waals surface area contributed by atoms with Gasteiger partial charge in [-0.2, -0.15) is 10.4 Å². The normalized spacial score (nSPS) is 16.8. The molecule has 1 aromatic carbocycles. The Morgan fingerprint density at radius 1 is 1.17 bits per heavy atom. The van der Waals surface area contributed by atoms with Gasteiger partial charge < -0.3 is 16.0 Å². The topological polar surface area (TPSA) is 159 Å². The Hall–Kier alpha value is -5.15. The quantitative estimate of drug-likeness (QED) is 0.308. The average molecular weight is 563 g/mol. The highest BCUT2D eigenvalue weighted by molar-refractivity contribution is 6.04. The third kappa shape index (κ3) is 5.55. The van der Waals surface area contributed by atoms with E-state index in [0.717, 1.165) is 18.5 Å². The molecule has 1 aliphatic carbocycles. The summed E-state index contributed by atoms with van der Waals surface area (Å²) in [5.41, 5.74) is 9.07. The molecule has 1 aliphatic heterocycles. The van der Waals surface area contributed by atoms with Gasteiger partial charge in [0.15, 0.2) is 5.65 Å². The largest absolute Gasteiger partial charge is 0.383 e. The van der Waals surface area contributed by atoms with E-state index >= 15 is 0 Å². The van der Waals surface area contributed by atoms with E-state index in [-0.39, 0.29) is 17.9 Å². The van der Waals surface area contributed by atoms with Gasteiger partial charge >= 0.3 is 0 Å². The molecule has 12 nitrogen and oxygen atoms in total. The Balaban J connectivity index is 1.20. The fourth-order valence-corrected chi connectivity index (χ4v) is 5.22. The molecule has 1 saturated heterocycles. The fraction of sp³-hybridized carbons (Fsp3) is 0.300. The number of benzene rings is 1. The Labute approximate surface area is 242 Å². The van der Waals surface area contributed by atoms with Crippen LogP contribution in [0.2, 0.25) is 0 Å². The third-order valence-electron chi connectivity index (χ3n) is 7.71. The van der Waals surface area contributed by atoms with Gasteiger partial charge in [-0.25, -0.2) is 19.6 Å². The van der Waals surface area contributed by atoms with Crippen molar-refractivity contribution in [3.8, 4) is 17.3 Å². The number of carbonyl (C=O) groups is 2. The lowest BCUT2D eigenvalue weighted by Gasteiger charge is -2.16. The molecule has 0 unspecified atom stereocenters. The van der Waals surface area contributed by atoms with E-state index in [9.17, 15) is 9.59 Å². The van der Waals surface area contributed by atoms with E-state index in [1.165, 1.54) is 31.4 Å². The number of hydrogen-bond acceptors (Lipinski definition) is 9. The van der Waals surface area contributed by atoms with Crippen LogP contribution < -0.4 is 11.1 Å². The van der Waals surface area contributed by atoms with E-state index in [4.69, 9.17) is 16.1 Å². The first-order valence-corrected chi connectivity index (χ1v) is 13.8. The van der Waals surface area contributed by atoms with Gasteiger partial charge in [0.05, 0.1) is 23.1 Å². The van der Waals surface area contributed by atoms with Crippen LogP contribution in [-0.2, 0) is 4.79 Å². The number of hydrogen-bond donors (Lipinski definition) is 2. The molecule has 212 valence electrons. The summed E-state index contributed by atoms with van der Waals surface area (Å²) >= 11 is 0. The first-order valence-electron chi connectivity index (χ1n) is 13.8. The average Bonchev–Trinajstić information content (AvgIpc) is 3.61. The van der Waals surface area contributed by atoms with Crippen molar-refractivity contribution in [2.45, 2.75) is 31.3 Å². The molecule has 2 aliphatic rings. The van der Waals surface area contributed by atoms with E-state index in [1.807, 2.05) is 21.7 Å². The van der Waals surface area contributed by atoms with Gasteiger partial charge in [-0.05, 0) is 50.6 Å². The van der Waals surface area contributed by atoms with Crippen LogP contribution in [-0.4, -0.2) is 79.1 Å². The monoisotopic (exact) mass is 562 g/mol. The number of likely N-dealkylation sites (tertiary alicyclic amines) is 1. The van der Waals surface area contributed by atoms with E-state index < -0.39 is 0 Å². The molecule has 2 amide bonds. The number of nitrogen functional groups attached to an aromatic ring is 1. The molecule has 3 aromatic heterocycles. The highest BCUT2D eigenvalue weighted by Gasteiger charge is 2.30. The summed E-state index contributed by atoms with van der Waals surface area (Å²) in [6.07, 6.45) is 9.69. The van der Waals surface area contributed by atoms with Crippen LogP contribution >= 0.6 is 0 Å². The Morgan fingerprint density at radius 3 is 2.74 bits per heavy atom. The van der Waals surface area contributed by atoms with Crippen LogP contribution in [0, 0.1) is 11.3 Å². The minimum atomic E-state index is -0.355. The number of likely N-dealkylation sites (N-methyl/N-ethyl adjacent to an activating group) is 1. The van der Waals surface area contributed by atoms with Crippen LogP contribution in [0.15, 0.2) is 61.1 Å². The van der Waals surface area contributed by atoms with E-state index in [0.29, 0.717) is 58.6 Å². The highest BCUT2D eigenvalue weighted by atomic mass is 16.2. The second kappa shape index (κ2) is 11.4. The lowest BCUT2D eigenvalue weighted by molar-refractivity contribution is -0.125. The zero-order chi connectivity index (χ0) is 29.2. The molecule has 3 N–H and O–H groups in total. The molecule has 0 radical (unpaired) electrons. The molecule has 1 saturated carbocycles. The molecule has 0 spiro atoms. The number of nitriles is 1. The van der Waals surface area contributed by atoms with Gasteiger partial charge in [0, 0.05) is 49.1 Å². The van der Waals surface area contributed by atoms with E-state index in [2.05, 4.69) is 32.2 Å². The number of anilines is 2. The number of pyridine rings is 1. The second-order valence-electron chi connectivity index (χ2n) is 10.6. The van der Waals surface area contributed by atoms with Gasteiger partial charge in [-0.15, -0.1) is 0 Å². The number of nitrogens with two attached hydrogens (primary N) is 1. The molecule has 42 heavy (non-hydrogen) atoms. The van der Waals surface area contributed by atoms with Crippen molar-refractivity contribution in [2.75, 3.05) is 37.7 Å². The lowest BCUT2D eigenvalue weighted by atomic mass is 10.1. The SMILES string of the molecule is CN(C/C=C/C(=O)N1CC[C@@H](n2nc(-c3ccc(C(=O)Nc4cc(C#N)ccn4)cc3)c3c(N)ncnc32)C1)C1CC1. The molecule has 4 aromatic rings. The van der Waals surface area contributed by atoms with Gasteiger partial charge in [-0.3, -0.25) is 14.5 Å². The third-order valence-corrected chi connectivity index (χ3v) is 7.71. The molecule has 1 atom stereocenters. The number of nitrogens with one attached hydrogen (secondary N) is 1. The summed E-state index contributed by atoms with van der Waals surface area (Å²) in [4.78, 5) is 42.5. The molecule has 4 heterocycles. The smallest absolute Gasteiger partial charge is 0.256 e. The van der Waals surface area contributed by atoms with Crippen LogP contribution in [0.3, 0.4) is 0 Å². The first-order chi connectivity index (χ1) is 20.4. The van der Waals surface area contributed by atoms with Crippen molar-refractivity contribution >= 4 is 34.5 Å². The second-order valence-corrected chi connectivity index (χ2v) is 10.6. The zero-order valence-electron chi connectivity index (χ0n) is 23.1. The molecule has 0 bridgehead atoms. The standard InChI is InChI=1S/C30H30N10O2/c1-38(22-8-9-22)13-2-3-25(41)39-14-11-23(17-39)40-29-26(28(32)34-18-35-29)27(37-40)20-4-6-21(7-5-20)30(42)36-24-15-19(16-31)10-12-33-24/h2-7,10,12,15,18,22-23H,8-9,11,13-14,17H2,1H3,(H2,32,34,35)(H,33,36,42)/b3-2+/t23-/m1/s1. The number of rotatable bonds is 8. The number of aromatic nitrogens is 5. The van der Waals surface area contributed by atoms with Crippen LogP contribution in [0.1, 0.15) is 41.2 Å². The van der Waals surface area contributed by atoms with E-state index in [1.54, 1.807) is 36.4 Å². The molecular weight excluding hydrogens is 532 g/mol. The fourth-order valence-electron chi connectivity index (χ4n) is 5.22. The highest BCUT2D eigenvalue weighted by Crippen LogP contribution is 2.34. The molecule has 6 rings (SSSR count). The van der Waals surface area contributed by atoms with Crippen molar-refractivity contribution in [1.29, 1.82) is 5.26 Å². The number of nitrogens with zero attached hydrogens (tertiary/aromatic N) is 8. The molecular formula is C30H30N10O2. The first kappa shape index (κ1) is 27.0. The number of amides is 2. The van der Waals surface area contributed by atoms with Crippen molar-refractivity contribution < 1.29 is 9.59 Å². The Kier molecular flexibility index (Phi) is 7.33. The number of fused-ring (bicyclic) bond motifs is 1. The van der Waals surface area contributed by atoms with Crippen molar-refractivity contribution in [3.05, 3.63) is 72.2 Å². The minimum absolute atomic E-state index is 0.00376. The molecule has 2 fully saturated rings. The summed E-state index contributed by atoms with van der Waals surface area (Å²) in [5, 5.41) is 17.3. The summed E-state index contributed by atoms with van der Waals surface area (Å²) in [6, 6.07) is 12.6. The van der Waals surface area contributed by atoms with Gasteiger partial charge in [0.2, 0.25) is 5.91 Å². The van der Waals surface area contributed by atoms with Gasteiger partial charge in [-0.1, -0.05) is 18.2 Å². The lowest BCUT2D eigenvalue weighted by Crippen LogP contribution is -2.28. The maximum Gasteiger partial charge on any atom is 0.256 e. The maximum atomic E-state index is 12.9. The summed E-state index contributed by atoms with van der Waals surface area (Å²) in [6.45, 7) is 1.91. The van der Waals surface area contributed by atoms with Crippen LogP contribution in [0.25, 0.3) is 22.3 Å². The Morgan fingerprint density at radius 2 is 1.98 bits per heavy atom. The molecule has 12 heteroatoms. The Bertz CT molecular complexity index is 1720. The predicted molar refractivity (Wildman–Crippen MR) is 157 cm³/mol. The van der Waals surface area contributed by atoms with Gasteiger partial charge in [0.25, 0.3) is 5.91 Å². The predicted octanol–water partition coefficient (Wildman–Crippen LogP) is 3.02. The summed E-state index contributed by atoms with van der Waals surface area (Å²) in [5.74, 6) is 0.241.